The van der Waals surface area contributed by atoms with E-state index in [0.717, 1.165) is 14.7 Å². The topological polar surface area (TPSA) is 72.6 Å². The standard InChI is InChI=1S/C19H21ClINO3/c1-18(2,25-17(22)23)11-12-19(24,13-3-7-15(20)8-4-13)14-5-9-16(21)10-6-14/h3-10,24H,11-12H2,1-2H3,(H2,22,23). The Kier molecular flexibility index (Phi) is 6.35. The summed E-state index contributed by atoms with van der Waals surface area (Å²) in [5, 5.41) is 12.1. The van der Waals surface area contributed by atoms with Gasteiger partial charge < -0.3 is 15.6 Å². The van der Waals surface area contributed by atoms with Crippen molar-refractivity contribution in [3.05, 3.63) is 68.3 Å². The first-order valence-corrected chi connectivity index (χ1v) is 9.31. The Morgan fingerprint density at radius 1 is 1.08 bits per heavy atom. The third-order valence-electron chi connectivity index (χ3n) is 4.11. The van der Waals surface area contributed by atoms with Gasteiger partial charge in [0.25, 0.3) is 0 Å². The van der Waals surface area contributed by atoms with Crippen LogP contribution in [0.25, 0.3) is 0 Å². The van der Waals surface area contributed by atoms with E-state index in [9.17, 15) is 9.90 Å². The van der Waals surface area contributed by atoms with Gasteiger partial charge in [0.15, 0.2) is 0 Å². The Labute approximate surface area is 166 Å². The molecule has 0 aromatic heterocycles. The minimum atomic E-state index is -1.23. The van der Waals surface area contributed by atoms with Gasteiger partial charge in [0.1, 0.15) is 11.2 Å². The molecule has 0 aliphatic heterocycles. The molecule has 0 saturated carbocycles. The summed E-state index contributed by atoms with van der Waals surface area (Å²) in [5.41, 5.74) is 4.62. The number of rotatable bonds is 6. The van der Waals surface area contributed by atoms with Gasteiger partial charge in [-0.05, 0) is 84.7 Å². The fourth-order valence-electron chi connectivity index (χ4n) is 2.71. The molecule has 0 spiro atoms. The molecule has 0 saturated heterocycles. The minimum absolute atomic E-state index is 0.357. The molecule has 1 unspecified atom stereocenters. The van der Waals surface area contributed by atoms with Crippen molar-refractivity contribution >= 4 is 40.3 Å². The zero-order chi connectivity index (χ0) is 18.7. The quantitative estimate of drug-likeness (QED) is 0.590. The van der Waals surface area contributed by atoms with Crippen LogP contribution in [0.2, 0.25) is 5.02 Å². The highest BCUT2D eigenvalue weighted by Gasteiger charge is 2.35. The maximum atomic E-state index is 11.5. The number of halogens is 2. The largest absolute Gasteiger partial charge is 0.444 e. The van der Waals surface area contributed by atoms with Gasteiger partial charge in [0.05, 0.1) is 0 Å². The van der Waals surface area contributed by atoms with Crippen LogP contribution in [-0.4, -0.2) is 16.8 Å². The Bertz CT molecular complexity index is 684. The van der Waals surface area contributed by atoms with E-state index in [1.165, 1.54) is 0 Å². The summed E-state index contributed by atoms with van der Waals surface area (Å²) in [6, 6.07) is 14.8. The lowest BCUT2D eigenvalue weighted by molar-refractivity contribution is 0.00471. The highest BCUT2D eigenvalue weighted by Crippen LogP contribution is 2.37. The van der Waals surface area contributed by atoms with Crippen LogP contribution in [0.15, 0.2) is 48.5 Å². The predicted octanol–water partition coefficient (Wildman–Crippen LogP) is 4.83. The third kappa shape index (κ3) is 5.33. The summed E-state index contributed by atoms with van der Waals surface area (Å²) >= 11 is 8.20. The fraction of sp³-hybridized carbons (Fsp3) is 0.316. The van der Waals surface area contributed by atoms with E-state index in [1.807, 2.05) is 36.4 Å². The highest BCUT2D eigenvalue weighted by molar-refractivity contribution is 14.1. The van der Waals surface area contributed by atoms with Crippen LogP contribution in [0, 0.1) is 3.57 Å². The fourth-order valence-corrected chi connectivity index (χ4v) is 3.20. The second-order valence-corrected chi connectivity index (χ2v) is 8.24. The van der Waals surface area contributed by atoms with Crippen LogP contribution in [0.4, 0.5) is 4.79 Å². The van der Waals surface area contributed by atoms with Crippen LogP contribution in [0.5, 0.6) is 0 Å². The minimum Gasteiger partial charge on any atom is -0.444 e. The summed E-state index contributed by atoms with van der Waals surface area (Å²) < 4.78 is 6.23. The Morgan fingerprint density at radius 3 is 2.04 bits per heavy atom. The van der Waals surface area contributed by atoms with Gasteiger partial charge in [-0.2, -0.15) is 0 Å². The number of aliphatic hydroxyl groups is 1. The number of hydrogen-bond donors (Lipinski definition) is 2. The molecule has 3 N–H and O–H groups in total. The summed E-state index contributed by atoms with van der Waals surface area (Å²) in [5.74, 6) is 0. The number of carbonyl (C=O) groups is 1. The van der Waals surface area contributed by atoms with Crippen LogP contribution in [-0.2, 0) is 10.3 Å². The second kappa shape index (κ2) is 7.93. The zero-order valence-corrected chi connectivity index (χ0v) is 17.0. The van der Waals surface area contributed by atoms with Crippen molar-refractivity contribution in [3.8, 4) is 0 Å². The van der Waals surface area contributed by atoms with Crippen molar-refractivity contribution in [3.63, 3.8) is 0 Å². The molecule has 0 fully saturated rings. The Balaban J connectivity index is 2.37. The van der Waals surface area contributed by atoms with Crippen molar-refractivity contribution in [1.29, 1.82) is 0 Å². The van der Waals surface area contributed by atoms with E-state index in [0.29, 0.717) is 17.9 Å². The monoisotopic (exact) mass is 473 g/mol. The van der Waals surface area contributed by atoms with Crippen LogP contribution < -0.4 is 5.73 Å². The average molecular weight is 474 g/mol. The molecule has 0 aliphatic carbocycles. The highest BCUT2D eigenvalue weighted by atomic mass is 127. The van der Waals surface area contributed by atoms with Crippen molar-refractivity contribution in [1.82, 2.24) is 0 Å². The molecule has 4 nitrogen and oxygen atoms in total. The number of primary amides is 1. The van der Waals surface area contributed by atoms with Gasteiger partial charge in [0, 0.05) is 8.59 Å². The molecule has 25 heavy (non-hydrogen) atoms. The molecule has 0 radical (unpaired) electrons. The average Bonchev–Trinajstić information content (AvgIpc) is 2.53. The normalized spacial score (nSPS) is 14.0. The lowest BCUT2D eigenvalue weighted by Crippen LogP contribution is -2.35. The van der Waals surface area contributed by atoms with E-state index in [4.69, 9.17) is 22.1 Å². The molecule has 2 aromatic rings. The Hall–Kier alpha value is -1.31. The molecule has 0 aliphatic rings. The maximum absolute atomic E-state index is 11.5. The van der Waals surface area contributed by atoms with Gasteiger partial charge in [-0.1, -0.05) is 35.9 Å². The van der Waals surface area contributed by atoms with E-state index in [2.05, 4.69) is 22.6 Å². The lowest BCUT2D eigenvalue weighted by atomic mass is 9.80. The molecular weight excluding hydrogens is 453 g/mol. The number of carbonyl (C=O) groups excluding carboxylic acids is 1. The molecule has 134 valence electrons. The molecule has 2 rings (SSSR count). The van der Waals surface area contributed by atoms with Gasteiger partial charge in [-0.25, -0.2) is 4.79 Å². The van der Waals surface area contributed by atoms with Crippen molar-refractivity contribution in [2.75, 3.05) is 0 Å². The molecular formula is C19H21ClINO3. The molecule has 0 bridgehead atoms. The van der Waals surface area contributed by atoms with Crippen molar-refractivity contribution in [2.45, 2.75) is 37.9 Å². The SMILES string of the molecule is CC(C)(CCC(O)(c1ccc(Cl)cc1)c1ccc(I)cc1)OC(N)=O. The maximum Gasteiger partial charge on any atom is 0.405 e. The van der Waals surface area contributed by atoms with Gasteiger partial charge in [-0.3, -0.25) is 0 Å². The van der Waals surface area contributed by atoms with E-state index < -0.39 is 17.3 Å². The predicted molar refractivity (Wildman–Crippen MR) is 108 cm³/mol. The Morgan fingerprint density at radius 2 is 1.56 bits per heavy atom. The van der Waals surface area contributed by atoms with Crippen molar-refractivity contribution in [2.24, 2.45) is 5.73 Å². The summed E-state index contributed by atoms with van der Waals surface area (Å²) in [6.07, 6.45) is -0.0365. The number of hydrogen-bond acceptors (Lipinski definition) is 3. The molecule has 2 aromatic carbocycles. The number of ether oxygens (including phenoxy) is 1. The van der Waals surface area contributed by atoms with Crippen LogP contribution in [0.1, 0.15) is 37.8 Å². The molecule has 1 amide bonds. The molecule has 1 atom stereocenters. The summed E-state index contributed by atoms with van der Waals surface area (Å²) in [4.78, 5) is 11.1. The van der Waals surface area contributed by atoms with Crippen molar-refractivity contribution < 1.29 is 14.6 Å². The molecule has 0 heterocycles. The number of nitrogens with two attached hydrogens (primary N) is 1. The first-order valence-electron chi connectivity index (χ1n) is 7.85. The summed E-state index contributed by atoms with van der Waals surface area (Å²) in [6.45, 7) is 3.54. The third-order valence-corrected chi connectivity index (χ3v) is 5.08. The van der Waals surface area contributed by atoms with E-state index in [-0.39, 0.29) is 0 Å². The van der Waals surface area contributed by atoms with Gasteiger partial charge in [-0.15, -0.1) is 0 Å². The van der Waals surface area contributed by atoms with E-state index in [1.54, 1.807) is 26.0 Å². The van der Waals surface area contributed by atoms with Crippen LogP contribution >= 0.6 is 34.2 Å². The number of amides is 1. The van der Waals surface area contributed by atoms with Gasteiger partial charge in [0.2, 0.25) is 0 Å². The van der Waals surface area contributed by atoms with E-state index >= 15 is 0 Å². The first kappa shape index (κ1) is 20.0. The smallest absolute Gasteiger partial charge is 0.405 e. The van der Waals surface area contributed by atoms with Gasteiger partial charge >= 0.3 is 6.09 Å². The first-order chi connectivity index (χ1) is 11.6. The summed E-state index contributed by atoms with van der Waals surface area (Å²) in [7, 11) is 0. The second-order valence-electron chi connectivity index (χ2n) is 6.55. The zero-order valence-electron chi connectivity index (χ0n) is 14.1. The number of benzene rings is 2. The molecule has 6 heteroatoms. The lowest BCUT2D eigenvalue weighted by Gasteiger charge is -2.33. The van der Waals surface area contributed by atoms with Crippen LogP contribution in [0.3, 0.4) is 0 Å².